The number of unbranched alkanes of at least 4 members (excludes halogenated alkanes) is 4. The zero-order chi connectivity index (χ0) is 19.4. The van der Waals surface area contributed by atoms with E-state index in [2.05, 4.69) is 10.2 Å². The van der Waals surface area contributed by atoms with Crippen molar-refractivity contribution in [1.82, 2.24) is 10.2 Å². The van der Waals surface area contributed by atoms with Gasteiger partial charge in [-0.25, -0.2) is 8.78 Å². The molecule has 27 heavy (non-hydrogen) atoms. The summed E-state index contributed by atoms with van der Waals surface area (Å²) >= 11 is 1.16. The summed E-state index contributed by atoms with van der Waals surface area (Å²) in [4.78, 5) is 14.6. The minimum atomic E-state index is -2.86. The normalized spacial score (nSPS) is 15.7. The van der Waals surface area contributed by atoms with Crippen LogP contribution in [0.2, 0.25) is 0 Å². The van der Waals surface area contributed by atoms with Gasteiger partial charge in [-0.3, -0.25) is 9.89 Å². The van der Waals surface area contributed by atoms with E-state index in [0.29, 0.717) is 33.1 Å². The van der Waals surface area contributed by atoms with Crippen LogP contribution in [0.5, 0.6) is 0 Å². The number of halogens is 2. The van der Waals surface area contributed by atoms with Crippen LogP contribution in [-0.2, 0) is 6.42 Å². The molecule has 1 aliphatic heterocycles. The number of H-pyrrole nitrogens is 1. The molecule has 0 radical (unpaired) electrons. The van der Waals surface area contributed by atoms with Crippen molar-refractivity contribution in [2.24, 2.45) is 5.73 Å². The third-order valence-corrected chi connectivity index (χ3v) is 6.01. The maximum Gasteiger partial charge on any atom is 0.269 e. The van der Waals surface area contributed by atoms with Crippen molar-refractivity contribution in [2.45, 2.75) is 44.4 Å². The summed E-state index contributed by atoms with van der Waals surface area (Å²) in [6.07, 6.45) is 7.07. The fourth-order valence-corrected chi connectivity index (χ4v) is 4.71. The molecule has 2 aromatic heterocycles. The first kappa shape index (κ1) is 19.8. The third kappa shape index (κ3) is 4.47. The molecule has 1 amide bonds. The first-order valence-corrected chi connectivity index (χ1v) is 9.93. The minimum absolute atomic E-state index is 0.176. The number of anilines is 1. The van der Waals surface area contributed by atoms with Crippen LogP contribution in [0, 0.1) is 0 Å². The highest BCUT2D eigenvalue weighted by atomic mass is 32.1. The molecule has 0 fully saturated rings. The van der Waals surface area contributed by atoms with E-state index < -0.39 is 24.8 Å². The van der Waals surface area contributed by atoms with Gasteiger partial charge in [-0.2, -0.15) is 5.10 Å². The lowest BCUT2D eigenvalue weighted by Gasteiger charge is -2.35. The number of nitrogens with one attached hydrogen (secondary N) is 1. The number of carbonyl (C=O) groups is 1. The van der Waals surface area contributed by atoms with E-state index in [1.807, 2.05) is 0 Å². The summed E-state index contributed by atoms with van der Waals surface area (Å²) in [5.74, 6) is -3.46. The van der Waals surface area contributed by atoms with Crippen LogP contribution in [0.15, 0.2) is 12.4 Å². The van der Waals surface area contributed by atoms with Crippen LogP contribution in [0.1, 0.15) is 47.3 Å². The number of fused-ring (bicyclic) bond motifs is 1. The van der Waals surface area contributed by atoms with Crippen LogP contribution in [-0.4, -0.2) is 46.8 Å². The lowest BCUT2D eigenvalue weighted by atomic mass is 9.97. The molecule has 0 unspecified atom stereocenters. The summed E-state index contributed by atoms with van der Waals surface area (Å²) in [7, 11) is 0. The van der Waals surface area contributed by atoms with Crippen molar-refractivity contribution >= 4 is 22.9 Å². The first-order chi connectivity index (χ1) is 12.9. The van der Waals surface area contributed by atoms with Gasteiger partial charge in [0.15, 0.2) is 0 Å². The number of aromatic amines is 1. The van der Waals surface area contributed by atoms with Gasteiger partial charge in [-0.15, -0.1) is 11.3 Å². The Morgan fingerprint density at radius 3 is 2.74 bits per heavy atom. The van der Waals surface area contributed by atoms with Crippen molar-refractivity contribution < 1.29 is 18.7 Å². The maximum atomic E-state index is 14.4. The Morgan fingerprint density at radius 2 is 2.07 bits per heavy atom. The van der Waals surface area contributed by atoms with Gasteiger partial charge in [0.05, 0.1) is 18.4 Å². The van der Waals surface area contributed by atoms with Gasteiger partial charge in [0.25, 0.3) is 11.8 Å². The number of alkyl halides is 2. The Kier molecular flexibility index (Phi) is 6.11. The van der Waals surface area contributed by atoms with E-state index in [1.165, 1.54) is 0 Å². The highest BCUT2D eigenvalue weighted by molar-refractivity contribution is 7.18. The van der Waals surface area contributed by atoms with Gasteiger partial charge in [-0.1, -0.05) is 19.3 Å². The highest BCUT2D eigenvalue weighted by Gasteiger charge is 2.42. The van der Waals surface area contributed by atoms with Gasteiger partial charge < -0.3 is 15.7 Å². The number of nitrogens with zero attached hydrogens (tertiary/aromatic N) is 2. The zero-order valence-electron chi connectivity index (χ0n) is 15.0. The van der Waals surface area contributed by atoms with E-state index in [1.54, 1.807) is 17.3 Å². The van der Waals surface area contributed by atoms with E-state index in [4.69, 9.17) is 10.8 Å². The van der Waals surface area contributed by atoms with E-state index in [-0.39, 0.29) is 6.61 Å². The second-order valence-electron chi connectivity index (χ2n) is 6.88. The van der Waals surface area contributed by atoms with E-state index in [9.17, 15) is 13.6 Å². The summed E-state index contributed by atoms with van der Waals surface area (Å²) in [5.41, 5.74) is 7.28. The lowest BCUT2D eigenvalue weighted by molar-refractivity contribution is 0.00551. The fraction of sp³-hybridized carbons (Fsp3) is 0.556. The summed E-state index contributed by atoms with van der Waals surface area (Å²) in [6.45, 7) is 0.220. The molecular formula is C18H24F2N4O2S. The number of amides is 1. The van der Waals surface area contributed by atoms with Crippen molar-refractivity contribution in [3.05, 3.63) is 22.8 Å². The van der Waals surface area contributed by atoms with Crippen LogP contribution in [0.4, 0.5) is 14.5 Å². The summed E-state index contributed by atoms with van der Waals surface area (Å²) in [6, 6.07) is 0. The third-order valence-electron chi connectivity index (χ3n) is 4.72. The number of primary amides is 1. The number of aliphatic hydroxyl groups is 1. The monoisotopic (exact) mass is 398 g/mol. The van der Waals surface area contributed by atoms with Crippen molar-refractivity contribution in [3.8, 4) is 10.4 Å². The molecule has 0 bridgehead atoms. The molecule has 0 saturated carbocycles. The molecule has 2 aromatic rings. The first-order valence-electron chi connectivity index (χ1n) is 9.11. The number of thiophene rings is 1. The topological polar surface area (TPSA) is 95.2 Å². The second kappa shape index (κ2) is 8.35. The number of rotatable bonds is 9. The Balaban J connectivity index is 1.86. The van der Waals surface area contributed by atoms with Crippen LogP contribution in [0.3, 0.4) is 0 Å². The summed E-state index contributed by atoms with van der Waals surface area (Å²) in [5, 5.41) is 15.4. The van der Waals surface area contributed by atoms with Gasteiger partial charge in [0.1, 0.15) is 4.88 Å². The van der Waals surface area contributed by atoms with Gasteiger partial charge in [0.2, 0.25) is 0 Å². The Hall–Kier alpha value is -2.00. The van der Waals surface area contributed by atoms with Crippen molar-refractivity contribution in [3.63, 3.8) is 0 Å². The molecule has 1 aliphatic rings. The van der Waals surface area contributed by atoms with Gasteiger partial charge >= 0.3 is 0 Å². The van der Waals surface area contributed by atoms with Crippen LogP contribution < -0.4 is 10.6 Å². The molecule has 0 aliphatic carbocycles. The highest BCUT2D eigenvalue weighted by Crippen LogP contribution is 2.47. The number of nitrogens with two attached hydrogens (primary N) is 1. The average Bonchev–Trinajstić information content (AvgIpc) is 3.24. The van der Waals surface area contributed by atoms with E-state index >= 15 is 0 Å². The lowest BCUT2D eigenvalue weighted by Crippen LogP contribution is -2.44. The molecule has 0 atom stereocenters. The van der Waals surface area contributed by atoms with Crippen molar-refractivity contribution in [2.75, 3.05) is 24.6 Å². The van der Waals surface area contributed by atoms with Crippen LogP contribution in [0.25, 0.3) is 10.4 Å². The predicted octanol–water partition coefficient (Wildman–Crippen LogP) is 3.18. The standard InChI is InChI=1S/C18H24F2N4O2S/c19-18(20)8-13-14(24(11-18)6-4-2-1-3-5-7-25)16(17(21)26)27-15(13)12-9-22-23-10-12/h9-10,25H,1-8,11H2,(H2,21,26)(H,22,23). The minimum Gasteiger partial charge on any atom is -0.396 e. The van der Waals surface area contributed by atoms with Crippen LogP contribution >= 0.6 is 11.3 Å². The fourth-order valence-electron chi connectivity index (χ4n) is 3.54. The molecule has 9 heteroatoms. The van der Waals surface area contributed by atoms with Gasteiger partial charge in [-0.05, 0) is 12.8 Å². The second-order valence-corrected chi connectivity index (χ2v) is 7.90. The molecule has 0 saturated heterocycles. The molecule has 3 rings (SSSR count). The number of carbonyl (C=O) groups excluding carboxylic acids is 1. The molecule has 4 N–H and O–H groups in total. The average molecular weight is 398 g/mol. The molecule has 148 valence electrons. The molecular weight excluding hydrogens is 374 g/mol. The number of hydrogen-bond acceptors (Lipinski definition) is 5. The number of hydrogen-bond donors (Lipinski definition) is 3. The summed E-state index contributed by atoms with van der Waals surface area (Å²) < 4.78 is 28.9. The Labute approximate surface area is 160 Å². The Bertz CT molecular complexity index is 777. The molecule has 0 aromatic carbocycles. The molecule has 0 spiro atoms. The number of aliphatic hydroxyl groups excluding tert-OH is 1. The Morgan fingerprint density at radius 1 is 1.33 bits per heavy atom. The molecule has 6 nitrogen and oxygen atoms in total. The zero-order valence-corrected chi connectivity index (χ0v) is 15.8. The quantitative estimate of drug-likeness (QED) is 0.566. The number of aromatic nitrogens is 2. The maximum absolute atomic E-state index is 14.4. The predicted molar refractivity (Wildman–Crippen MR) is 101 cm³/mol. The van der Waals surface area contributed by atoms with Gasteiger partial charge in [0, 0.05) is 41.8 Å². The SMILES string of the molecule is NC(=O)c1sc(-c2cn[nH]c2)c2c1N(CCCCCCCO)CC(F)(F)C2. The smallest absolute Gasteiger partial charge is 0.269 e. The van der Waals surface area contributed by atoms with E-state index in [0.717, 1.165) is 43.4 Å². The molecule has 3 heterocycles. The largest absolute Gasteiger partial charge is 0.396 e. The van der Waals surface area contributed by atoms with Crippen molar-refractivity contribution in [1.29, 1.82) is 0 Å².